The van der Waals surface area contributed by atoms with Crippen LogP contribution in [0.3, 0.4) is 0 Å². The molecule has 1 aromatic heterocycles. The lowest BCUT2D eigenvalue weighted by molar-refractivity contribution is 0.0951. The van der Waals surface area contributed by atoms with Crippen LogP contribution in [0, 0.1) is 6.92 Å². The van der Waals surface area contributed by atoms with Gasteiger partial charge in [0.1, 0.15) is 5.75 Å². The normalized spacial score (nSPS) is 10.2. The Bertz CT molecular complexity index is 520. The molecular formula is C13H13NO2S. The van der Waals surface area contributed by atoms with Crippen molar-refractivity contribution in [3.8, 4) is 5.75 Å². The van der Waals surface area contributed by atoms with Crippen LogP contribution < -0.4 is 5.32 Å². The number of aryl methyl sites for hydroxylation is 1. The molecule has 0 saturated carbocycles. The van der Waals surface area contributed by atoms with Crippen molar-refractivity contribution in [2.24, 2.45) is 0 Å². The van der Waals surface area contributed by atoms with Crippen LogP contribution in [-0.4, -0.2) is 11.0 Å². The molecule has 1 amide bonds. The number of nitrogens with one attached hydrogen (secondary N) is 1. The summed E-state index contributed by atoms with van der Waals surface area (Å²) in [5, 5.41) is 14.2. The Labute approximate surface area is 104 Å². The zero-order valence-electron chi connectivity index (χ0n) is 9.43. The number of benzene rings is 1. The van der Waals surface area contributed by atoms with Gasteiger partial charge in [0.2, 0.25) is 0 Å². The van der Waals surface area contributed by atoms with E-state index < -0.39 is 0 Å². The SMILES string of the molecule is Cc1cc(C(=O)NCc2cccs2)ccc1O. The first-order valence-electron chi connectivity index (χ1n) is 5.27. The van der Waals surface area contributed by atoms with E-state index in [2.05, 4.69) is 5.32 Å². The molecule has 0 spiro atoms. The molecule has 0 saturated heterocycles. The molecule has 0 fully saturated rings. The number of hydrogen-bond acceptors (Lipinski definition) is 3. The van der Waals surface area contributed by atoms with E-state index in [9.17, 15) is 9.90 Å². The van der Waals surface area contributed by atoms with E-state index in [1.165, 1.54) is 6.07 Å². The number of aromatic hydroxyl groups is 1. The first-order chi connectivity index (χ1) is 8.16. The first-order valence-corrected chi connectivity index (χ1v) is 6.15. The highest BCUT2D eigenvalue weighted by Gasteiger charge is 2.07. The van der Waals surface area contributed by atoms with Gasteiger partial charge in [-0.3, -0.25) is 4.79 Å². The van der Waals surface area contributed by atoms with Crippen LogP contribution >= 0.6 is 11.3 Å². The quantitative estimate of drug-likeness (QED) is 0.876. The number of phenolic OH excluding ortho intramolecular Hbond substituents is 1. The monoisotopic (exact) mass is 247 g/mol. The van der Waals surface area contributed by atoms with Gasteiger partial charge in [0.25, 0.3) is 5.91 Å². The number of carbonyl (C=O) groups is 1. The second-order valence-electron chi connectivity index (χ2n) is 3.76. The minimum atomic E-state index is -0.124. The van der Waals surface area contributed by atoms with Gasteiger partial charge in [-0.05, 0) is 42.1 Å². The van der Waals surface area contributed by atoms with Crippen molar-refractivity contribution in [2.75, 3.05) is 0 Å². The maximum atomic E-state index is 11.8. The van der Waals surface area contributed by atoms with E-state index in [0.717, 1.165) is 4.88 Å². The van der Waals surface area contributed by atoms with Crippen molar-refractivity contribution in [3.63, 3.8) is 0 Å². The average molecular weight is 247 g/mol. The highest BCUT2D eigenvalue weighted by Crippen LogP contribution is 2.17. The van der Waals surface area contributed by atoms with Crippen LogP contribution in [0.5, 0.6) is 5.75 Å². The number of thiophene rings is 1. The predicted octanol–water partition coefficient (Wildman–Crippen LogP) is 2.69. The maximum Gasteiger partial charge on any atom is 0.251 e. The van der Waals surface area contributed by atoms with Crippen LogP contribution in [-0.2, 0) is 6.54 Å². The molecule has 1 heterocycles. The zero-order chi connectivity index (χ0) is 12.3. The molecule has 0 aliphatic heterocycles. The summed E-state index contributed by atoms with van der Waals surface area (Å²) in [5.41, 5.74) is 1.27. The fraction of sp³-hybridized carbons (Fsp3) is 0.154. The Morgan fingerprint density at radius 1 is 1.41 bits per heavy atom. The van der Waals surface area contributed by atoms with Gasteiger partial charge in [-0.1, -0.05) is 6.07 Å². The van der Waals surface area contributed by atoms with Gasteiger partial charge in [0.05, 0.1) is 6.54 Å². The Hall–Kier alpha value is -1.81. The first kappa shape index (κ1) is 11.7. The number of hydrogen-bond donors (Lipinski definition) is 2. The fourth-order valence-electron chi connectivity index (χ4n) is 1.48. The average Bonchev–Trinajstić information content (AvgIpc) is 2.82. The summed E-state index contributed by atoms with van der Waals surface area (Å²) in [5.74, 6) is 0.0845. The van der Waals surface area contributed by atoms with Gasteiger partial charge in [-0.25, -0.2) is 0 Å². The molecule has 0 atom stereocenters. The molecule has 1 aromatic carbocycles. The minimum Gasteiger partial charge on any atom is -0.508 e. The van der Waals surface area contributed by atoms with Gasteiger partial charge in [-0.2, -0.15) is 0 Å². The third-order valence-electron chi connectivity index (χ3n) is 2.46. The highest BCUT2D eigenvalue weighted by molar-refractivity contribution is 7.09. The maximum absolute atomic E-state index is 11.8. The third-order valence-corrected chi connectivity index (χ3v) is 3.34. The smallest absolute Gasteiger partial charge is 0.251 e. The molecule has 0 unspecified atom stereocenters. The van der Waals surface area contributed by atoms with Crippen LogP contribution in [0.4, 0.5) is 0 Å². The molecular weight excluding hydrogens is 234 g/mol. The highest BCUT2D eigenvalue weighted by atomic mass is 32.1. The lowest BCUT2D eigenvalue weighted by Crippen LogP contribution is -2.22. The summed E-state index contributed by atoms with van der Waals surface area (Å²) < 4.78 is 0. The predicted molar refractivity (Wildman–Crippen MR) is 68.3 cm³/mol. The zero-order valence-corrected chi connectivity index (χ0v) is 10.3. The molecule has 88 valence electrons. The summed E-state index contributed by atoms with van der Waals surface area (Å²) >= 11 is 1.61. The van der Waals surface area contributed by atoms with Gasteiger partial charge in [0.15, 0.2) is 0 Å². The van der Waals surface area contributed by atoms with Crippen LogP contribution in [0.15, 0.2) is 35.7 Å². The molecule has 2 aromatic rings. The molecule has 2 N–H and O–H groups in total. The van der Waals surface area contributed by atoms with E-state index >= 15 is 0 Å². The summed E-state index contributed by atoms with van der Waals surface area (Å²) in [6, 6.07) is 8.77. The van der Waals surface area contributed by atoms with E-state index in [-0.39, 0.29) is 11.7 Å². The van der Waals surface area contributed by atoms with Crippen LogP contribution in [0.1, 0.15) is 20.8 Å². The number of rotatable bonds is 3. The van der Waals surface area contributed by atoms with Crippen LogP contribution in [0.2, 0.25) is 0 Å². The van der Waals surface area contributed by atoms with E-state index in [4.69, 9.17) is 0 Å². The van der Waals surface area contributed by atoms with Crippen LogP contribution in [0.25, 0.3) is 0 Å². The second kappa shape index (κ2) is 5.01. The van der Waals surface area contributed by atoms with Crippen molar-refractivity contribution >= 4 is 17.2 Å². The number of amides is 1. The van der Waals surface area contributed by atoms with Gasteiger partial charge in [-0.15, -0.1) is 11.3 Å². The molecule has 0 aliphatic carbocycles. The third kappa shape index (κ3) is 2.85. The Morgan fingerprint density at radius 3 is 2.88 bits per heavy atom. The summed E-state index contributed by atoms with van der Waals surface area (Å²) in [4.78, 5) is 12.9. The van der Waals surface area contributed by atoms with Gasteiger partial charge >= 0.3 is 0 Å². The van der Waals surface area contributed by atoms with Crippen molar-refractivity contribution in [1.82, 2.24) is 5.32 Å². The number of phenols is 1. The lowest BCUT2D eigenvalue weighted by atomic mass is 10.1. The Morgan fingerprint density at radius 2 is 2.24 bits per heavy atom. The summed E-state index contributed by atoms with van der Waals surface area (Å²) in [6.45, 7) is 2.31. The molecule has 2 rings (SSSR count). The number of carbonyl (C=O) groups excluding carboxylic acids is 1. The van der Waals surface area contributed by atoms with Crippen molar-refractivity contribution in [2.45, 2.75) is 13.5 Å². The molecule has 4 heteroatoms. The molecule has 0 bridgehead atoms. The van der Waals surface area contributed by atoms with Crippen molar-refractivity contribution < 1.29 is 9.90 Å². The van der Waals surface area contributed by atoms with Crippen molar-refractivity contribution in [1.29, 1.82) is 0 Å². The summed E-state index contributed by atoms with van der Waals surface area (Å²) in [6.07, 6.45) is 0. The largest absolute Gasteiger partial charge is 0.508 e. The topological polar surface area (TPSA) is 49.3 Å². The molecule has 3 nitrogen and oxygen atoms in total. The molecule has 17 heavy (non-hydrogen) atoms. The van der Waals surface area contributed by atoms with Gasteiger partial charge in [0, 0.05) is 10.4 Å². The Kier molecular flexibility index (Phi) is 3.44. The Balaban J connectivity index is 2.02. The van der Waals surface area contributed by atoms with Gasteiger partial charge < -0.3 is 10.4 Å². The van der Waals surface area contributed by atoms with E-state index in [0.29, 0.717) is 17.7 Å². The minimum absolute atomic E-state index is 0.124. The molecule has 0 aliphatic rings. The lowest BCUT2D eigenvalue weighted by Gasteiger charge is -2.05. The standard InChI is InChI=1S/C13H13NO2S/c1-9-7-10(4-5-12(9)15)13(16)14-8-11-3-2-6-17-11/h2-7,15H,8H2,1H3,(H,14,16). The molecule has 0 radical (unpaired) electrons. The van der Waals surface area contributed by atoms with E-state index in [1.807, 2.05) is 17.5 Å². The second-order valence-corrected chi connectivity index (χ2v) is 4.80. The van der Waals surface area contributed by atoms with Crippen molar-refractivity contribution in [3.05, 3.63) is 51.7 Å². The fourth-order valence-corrected chi connectivity index (χ4v) is 2.12. The van der Waals surface area contributed by atoms with E-state index in [1.54, 1.807) is 30.4 Å². The summed E-state index contributed by atoms with van der Waals surface area (Å²) in [7, 11) is 0.